The summed E-state index contributed by atoms with van der Waals surface area (Å²) in [7, 11) is 0. The Kier molecular flexibility index (Phi) is 10.5. The Labute approximate surface area is 183 Å². The van der Waals surface area contributed by atoms with Gasteiger partial charge in [0.05, 0.1) is 30.3 Å². The van der Waals surface area contributed by atoms with Crippen molar-refractivity contribution in [3.63, 3.8) is 0 Å². The van der Waals surface area contributed by atoms with Gasteiger partial charge in [0.1, 0.15) is 5.82 Å². The van der Waals surface area contributed by atoms with Crippen LogP contribution in [0.3, 0.4) is 0 Å². The Balaban J connectivity index is 0.00000131. The summed E-state index contributed by atoms with van der Waals surface area (Å²) >= 11 is 0. The number of hydrogen-bond acceptors (Lipinski definition) is 5. The lowest BCUT2D eigenvalue weighted by Gasteiger charge is -2.25. The van der Waals surface area contributed by atoms with Crippen LogP contribution in [-0.4, -0.2) is 66.2 Å². The van der Waals surface area contributed by atoms with Gasteiger partial charge < -0.3 is 20.4 Å². The molecule has 2 aromatic rings. The van der Waals surface area contributed by atoms with E-state index in [0.717, 1.165) is 81.2 Å². The highest BCUT2D eigenvalue weighted by molar-refractivity contribution is 5.96. The first kappa shape index (κ1) is 24.9. The molecule has 10 heteroatoms. The molecule has 1 aromatic carbocycles. The predicted octanol–water partition coefficient (Wildman–Crippen LogP) is 2.39. The lowest BCUT2D eigenvalue weighted by atomic mass is 10.2. The van der Waals surface area contributed by atoms with Gasteiger partial charge in [-0.2, -0.15) is 0 Å². The number of fused-ring (bicyclic) bond motifs is 1. The van der Waals surface area contributed by atoms with Gasteiger partial charge in [0, 0.05) is 31.7 Å². The number of nitrogens with one attached hydrogen (secondary N) is 3. The quantitative estimate of drug-likeness (QED) is 0.649. The second-order valence-electron chi connectivity index (χ2n) is 6.76. The minimum Gasteiger partial charge on any atom is -0.379 e. The fraction of sp³-hybridized carbons (Fsp3) is 0.556. The maximum Gasteiger partial charge on any atom is 0.241 e. The van der Waals surface area contributed by atoms with Crippen LogP contribution in [0.15, 0.2) is 18.2 Å². The van der Waals surface area contributed by atoms with E-state index in [9.17, 15) is 4.79 Å². The summed E-state index contributed by atoms with van der Waals surface area (Å²) < 4.78 is 5.38. The van der Waals surface area contributed by atoms with E-state index in [-0.39, 0.29) is 49.2 Å². The fourth-order valence-electron chi connectivity index (χ4n) is 3.49. The molecule has 4 rings (SSSR count). The van der Waals surface area contributed by atoms with Crippen LogP contribution in [0.4, 0.5) is 5.69 Å². The standard InChI is InChI=1S/C18H25N5O2.3ClH/c24-18(15-2-1-6-19-15)20-13-3-4-14-16(12-13)22-17(21-14)5-7-23-8-10-25-11-9-23;;;/h3-4,12,15,19H,1-2,5-11H2,(H,20,24)(H,21,22);3*1H. The van der Waals surface area contributed by atoms with Gasteiger partial charge in [-0.1, -0.05) is 0 Å². The third kappa shape index (κ3) is 6.20. The molecule has 0 radical (unpaired) electrons. The van der Waals surface area contributed by atoms with E-state index in [0.29, 0.717) is 0 Å². The molecule has 0 spiro atoms. The van der Waals surface area contributed by atoms with Crippen molar-refractivity contribution < 1.29 is 9.53 Å². The highest BCUT2D eigenvalue weighted by Gasteiger charge is 2.22. The molecule has 1 aromatic heterocycles. The average Bonchev–Trinajstić information content (AvgIpc) is 3.30. The van der Waals surface area contributed by atoms with Crippen molar-refractivity contribution in [1.29, 1.82) is 0 Å². The van der Waals surface area contributed by atoms with E-state index in [1.807, 2.05) is 18.2 Å². The molecule has 3 heterocycles. The second kappa shape index (κ2) is 11.8. The Morgan fingerprint density at radius 1 is 1.25 bits per heavy atom. The van der Waals surface area contributed by atoms with E-state index >= 15 is 0 Å². The number of halogens is 3. The van der Waals surface area contributed by atoms with Crippen molar-refractivity contribution in [3.05, 3.63) is 24.0 Å². The Hall–Kier alpha value is -1.09. The minimum atomic E-state index is -0.0680. The molecule has 0 bridgehead atoms. The molecule has 2 aliphatic heterocycles. The van der Waals surface area contributed by atoms with Crippen LogP contribution in [0, 0.1) is 0 Å². The van der Waals surface area contributed by atoms with Crippen LogP contribution in [0.1, 0.15) is 18.7 Å². The molecular formula is C18H28Cl3N5O2. The molecule has 1 amide bonds. The van der Waals surface area contributed by atoms with Crippen LogP contribution >= 0.6 is 37.2 Å². The Bertz CT molecular complexity index is 746. The number of nitrogens with zero attached hydrogens (tertiary/aromatic N) is 2. The summed E-state index contributed by atoms with van der Waals surface area (Å²) in [5.41, 5.74) is 2.72. The largest absolute Gasteiger partial charge is 0.379 e. The third-order valence-corrected chi connectivity index (χ3v) is 4.94. The number of rotatable bonds is 5. The first-order valence-electron chi connectivity index (χ1n) is 9.11. The number of morpholine rings is 1. The normalized spacial score (nSPS) is 19.4. The summed E-state index contributed by atoms with van der Waals surface area (Å²) in [6.07, 6.45) is 2.86. The summed E-state index contributed by atoms with van der Waals surface area (Å²) in [5.74, 6) is 1.03. The second-order valence-corrected chi connectivity index (χ2v) is 6.76. The molecular weight excluding hydrogens is 425 g/mol. The SMILES string of the molecule is Cl.Cl.Cl.O=C(Nc1ccc2nc(CCN3CCOCC3)[nH]c2c1)C1CCCN1. The van der Waals surface area contributed by atoms with Gasteiger partial charge in [-0.15, -0.1) is 37.2 Å². The molecule has 28 heavy (non-hydrogen) atoms. The molecule has 7 nitrogen and oxygen atoms in total. The van der Waals surface area contributed by atoms with Crippen molar-refractivity contribution >= 4 is 59.8 Å². The number of aromatic nitrogens is 2. The van der Waals surface area contributed by atoms with E-state index in [2.05, 4.69) is 25.5 Å². The number of benzene rings is 1. The first-order chi connectivity index (χ1) is 12.3. The average molecular weight is 453 g/mol. The van der Waals surface area contributed by atoms with Crippen molar-refractivity contribution in [2.75, 3.05) is 44.7 Å². The van der Waals surface area contributed by atoms with Crippen molar-refractivity contribution in [1.82, 2.24) is 20.2 Å². The number of aromatic amines is 1. The van der Waals surface area contributed by atoms with Gasteiger partial charge in [0.2, 0.25) is 5.91 Å². The number of H-pyrrole nitrogens is 1. The van der Waals surface area contributed by atoms with Crippen LogP contribution in [0.2, 0.25) is 0 Å². The van der Waals surface area contributed by atoms with Crippen molar-refractivity contribution in [2.45, 2.75) is 25.3 Å². The smallest absolute Gasteiger partial charge is 0.241 e. The first-order valence-corrected chi connectivity index (χ1v) is 9.11. The maximum absolute atomic E-state index is 12.2. The number of carbonyl (C=O) groups is 1. The minimum absolute atomic E-state index is 0. The molecule has 2 fully saturated rings. The van der Waals surface area contributed by atoms with E-state index < -0.39 is 0 Å². The molecule has 2 saturated heterocycles. The highest BCUT2D eigenvalue weighted by atomic mass is 35.5. The van der Waals surface area contributed by atoms with Gasteiger partial charge in [-0.3, -0.25) is 9.69 Å². The molecule has 1 unspecified atom stereocenters. The summed E-state index contributed by atoms with van der Waals surface area (Å²) in [5, 5.41) is 6.22. The number of amides is 1. The lowest BCUT2D eigenvalue weighted by molar-refractivity contribution is -0.117. The molecule has 0 saturated carbocycles. The van der Waals surface area contributed by atoms with Crippen molar-refractivity contribution in [2.24, 2.45) is 0 Å². The Morgan fingerprint density at radius 3 is 2.75 bits per heavy atom. The third-order valence-electron chi connectivity index (χ3n) is 4.94. The number of imidazole rings is 1. The zero-order valence-electron chi connectivity index (χ0n) is 15.6. The fourth-order valence-corrected chi connectivity index (χ4v) is 3.49. The summed E-state index contributed by atoms with van der Waals surface area (Å²) in [4.78, 5) is 22.7. The van der Waals surface area contributed by atoms with Gasteiger partial charge in [-0.25, -0.2) is 4.98 Å². The van der Waals surface area contributed by atoms with E-state index in [1.165, 1.54) is 0 Å². The maximum atomic E-state index is 12.2. The van der Waals surface area contributed by atoms with Gasteiger partial charge in [0.15, 0.2) is 0 Å². The molecule has 3 N–H and O–H groups in total. The molecule has 0 aliphatic carbocycles. The number of carbonyl (C=O) groups excluding carboxylic acids is 1. The molecule has 2 aliphatic rings. The lowest BCUT2D eigenvalue weighted by Crippen LogP contribution is -2.37. The van der Waals surface area contributed by atoms with Crippen molar-refractivity contribution in [3.8, 4) is 0 Å². The highest BCUT2D eigenvalue weighted by Crippen LogP contribution is 2.18. The summed E-state index contributed by atoms with van der Waals surface area (Å²) in [6.45, 7) is 5.53. The van der Waals surface area contributed by atoms with E-state index in [1.54, 1.807) is 0 Å². The van der Waals surface area contributed by atoms with E-state index in [4.69, 9.17) is 4.74 Å². The zero-order chi connectivity index (χ0) is 17.1. The summed E-state index contributed by atoms with van der Waals surface area (Å²) in [6, 6.07) is 5.78. The predicted molar refractivity (Wildman–Crippen MR) is 118 cm³/mol. The Morgan fingerprint density at radius 2 is 2.04 bits per heavy atom. The van der Waals surface area contributed by atoms with Crippen LogP contribution in [-0.2, 0) is 16.0 Å². The monoisotopic (exact) mass is 451 g/mol. The van der Waals surface area contributed by atoms with Gasteiger partial charge >= 0.3 is 0 Å². The van der Waals surface area contributed by atoms with Crippen LogP contribution in [0.5, 0.6) is 0 Å². The topological polar surface area (TPSA) is 82.3 Å². The molecule has 1 atom stereocenters. The number of anilines is 1. The van der Waals surface area contributed by atoms with Gasteiger partial charge in [-0.05, 0) is 37.6 Å². The van der Waals surface area contributed by atoms with Crippen LogP contribution in [0.25, 0.3) is 11.0 Å². The molecule has 158 valence electrons. The number of ether oxygens (including phenoxy) is 1. The van der Waals surface area contributed by atoms with Gasteiger partial charge in [0.25, 0.3) is 0 Å². The zero-order valence-corrected chi connectivity index (χ0v) is 18.1. The number of hydrogen-bond donors (Lipinski definition) is 3. The van der Waals surface area contributed by atoms with Crippen LogP contribution < -0.4 is 10.6 Å².